The van der Waals surface area contributed by atoms with Crippen LogP contribution in [0.3, 0.4) is 0 Å². The summed E-state index contributed by atoms with van der Waals surface area (Å²) in [5, 5.41) is 16.1. The first-order valence-corrected chi connectivity index (χ1v) is 6.30. The van der Waals surface area contributed by atoms with Gasteiger partial charge in [0.05, 0.1) is 0 Å². The topological polar surface area (TPSA) is 72.3 Å². The highest BCUT2D eigenvalue weighted by Crippen LogP contribution is 2.31. The quantitative estimate of drug-likeness (QED) is 0.891. The Balaban J connectivity index is 1.95. The first kappa shape index (κ1) is 12.8. The maximum Gasteiger partial charge on any atom is 0.356 e. The Labute approximate surface area is 106 Å². The lowest BCUT2D eigenvalue weighted by Gasteiger charge is -2.31. The van der Waals surface area contributed by atoms with Crippen molar-refractivity contribution >= 4 is 5.97 Å². The van der Waals surface area contributed by atoms with Crippen molar-refractivity contribution in [3.05, 3.63) is 17.8 Å². The largest absolute Gasteiger partial charge is 0.476 e. The second-order valence-electron chi connectivity index (χ2n) is 5.07. The van der Waals surface area contributed by atoms with Crippen molar-refractivity contribution in [2.24, 2.45) is 11.8 Å². The second kappa shape index (κ2) is 5.33. The van der Waals surface area contributed by atoms with Crippen LogP contribution in [0, 0.1) is 11.8 Å². The van der Waals surface area contributed by atoms with Gasteiger partial charge in [-0.2, -0.15) is 0 Å². The van der Waals surface area contributed by atoms with E-state index in [-0.39, 0.29) is 11.8 Å². The summed E-state index contributed by atoms with van der Waals surface area (Å²) in [5.41, 5.74) is -0.0621. The van der Waals surface area contributed by atoms with Gasteiger partial charge < -0.3 is 9.84 Å². The highest BCUT2D eigenvalue weighted by molar-refractivity contribution is 5.84. The van der Waals surface area contributed by atoms with Gasteiger partial charge in [0.25, 0.3) is 0 Å². The maximum absolute atomic E-state index is 10.6. The number of carboxylic acid groups (broad SMARTS) is 1. The van der Waals surface area contributed by atoms with Crippen LogP contribution in [0.2, 0.25) is 0 Å². The van der Waals surface area contributed by atoms with Crippen molar-refractivity contribution in [1.82, 2.24) is 10.2 Å². The summed E-state index contributed by atoms with van der Waals surface area (Å²) < 4.78 is 5.74. The zero-order valence-electron chi connectivity index (χ0n) is 10.7. The first-order chi connectivity index (χ1) is 8.56. The molecule has 5 nitrogen and oxygen atoms in total. The van der Waals surface area contributed by atoms with Crippen LogP contribution in [0.15, 0.2) is 12.1 Å². The highest BCUT2D eigenvalue weighted by atomic mass is 16.5. The van der Waals surface area contributed by atoms with Crippen LogP contribution in [-0.4, -0.2) is 27.4 Å². The number of carboxylic acids is 1. The molecule has 0 spiro atoms. The number of rotatable bonds is 3. The fourth-order valence-corrected chi connectivity index (χ4v) is 2.27. The third-order valence-electron chi connectivity index (χ3n) is 3.70. The second-order valence-corrected chi connectivity index (χ2v) is 5.07. The van der Waals surface area contributed by atoms with E-state index >= 15 is 0 Å². The van der Waals surface area contributed by atoms with E-state index in [1.165, 1.54) is 6.07 Å². The van der Waals surface area contributed by atoms with Gasteiger partial charge in [-0.1, -0.05) is 13.8 Å². The molecule has 1 fully saturated rings. The summed E-state index contributed by atoms with van der Waals surface area (Å²) >= 11 is 0. The minimum absolute atomic E-state index is 0.0621. The van der Waals surface area contributed by atoms with E-state index in [1.807, 2.05) is 0 Å². The van der Waals surface area contributed by atoms with E-state index in [9.17, 15) is 4.79 Å². The van der Waals surface area contributed by atoms with Gasteiger partial charge in [0.15, 0.2) is 5.69 Å². The number of aromatic carboxylic acids is 1. The normalized spacial score (nSPS) is 27.8. The zero-order chi connectivity index (χ0) is 13.1. The maximum atomic E-state index is 10.6. The lowest BCUT2D eigenvalue weighted by atomic mass is 9.80. The van der Waals surface area contributed by atoms with E-state index in [1.54, 1.807) is 6.07 Å². The fourth-order valence-electron chi connectivity index (χ4n) is 2.27. The molecular formula is C13H18N2O3. The molecule has 0 amide bonds. The Morgan fingerprint density at radius 3 is 2.61 bits per heavy atom. The molecular weight excluding hydrogens is 232 g/mol. The minimum atomic E-state index is -1.07. The van der Waals surface area contributed by atoms with Crippen molar-refractivity contribution in [2.45, 2.75) is 39.2 Å². The molecule has 98 valence electrons. The van der Waals surface area contributed by atoms with Crippen LogP contribution in [0.4, 0.5) is 0 Å². The number of nitrogens with zero attached hydrogens (tertiary/aromatic N) is 2. The monoisotopic (exact) mass is 250 g/mol. The molecule has 0 bridgehead atoms. The summed E-state index contributed by atoms with van der Waals surface area (Å²) in [6.45, 7) is 4.50. The molecule has 1 heterocycles. The van der Waals surface area contributed by atoms with E-state index in [0.717, 1.165) is 25.2 Å². The molecule has 5 heteroatoms. The van der Waals surface area contributed by atoms with Gasteiger partial charge in [-0.3, -0.25) is 0 Å². The van der Waals surface area contributed by atoms with Crippen LogP contribution in [-0.2, 0) is 0 Å². The summed E-state index contributed by atoms with van der Waals surface area (Å²) in [7, 11) is 0. The van der Waals surface area contributed by atoms with Gasteiger partial charge in [0.2, 0.25) is 5.88 Å². The van der Waals surface area contributed by atoms with Crippen LogP contribution >= 0.6 is 0 Å². The summed E-state index contributed by atoms with van der Waals surface area (Å²) in [6, 6.07) is 2.98. The molecule has 1 aromatic heterocycles. The van der Waals surface area contributed by atoms with E-state index in [0.29, 0.717) is 11.8 Å². The lowest BCUT2D eigenvalue weighted by Crippen LogP contribution is -2.29. The summed E-state index contributed by atoms with van der Waals surface area (Å²) in [5.74, 6) is 0.723. The standard InChI is InChI=1S/C13H18N2O3/c1-8-3-4-10(7-9(8)2)18-12-6-5-11(13(16)17)14-15-12/h5-6,8-10H,3-4,7H2,1-2H3,(H,16,17). The molecule has 0 aliphatic heterocycles. The molecule has 1 aromatic rings. The van der Waals surface area contributed by atoms with Crippen LogP contribution in [0.1, 0.15) is 43.6 Å². The Bertz CT molecular complexity index is 419. The van der Waals surface area contributed by atoms with Gasteiger partial charge in [0.1, 0.15) is 6.10 Å². The molecule has 2 rings (SSSR count). The molecule has 0 aromatic carbocycles. The molecule has 3 atom stereocenters. The predicted molar refractivity (Wildman–Crippen MR) is 65.6 cm³/mol. The van der Waals surface area contributed by atoms with Gasteiger partial charge >= 0.3 is 5.97 Å². The van der Waals surface area contributed by atoms with Crippen molar-refractivity contribution in [3.8, 4) is 5.88 Å². The summed E-state index contributed by atoms with van der Waals surface area (Å²) in [4.78, 5) is 10.6. The molecule has 1 N–H and O–H groups in total. The van der Waals surface area contributed by atoms with Crippen molar-refractivity contribution in [3.63, 3.8) is 0 Å². The summed E-state index contributed by atoms with van der Waals surface area (Å²) in [6.07, 6.45) is 3.37. The molecule has 0 saturated heterocycles. The van der Waals surface area contributed by atoms with Crippen molar-refractivity contribution in [1.29, 1.82) is 0 Å². The van der Waals surface area contributed by atoms with Crippen LogP contribution in [0.5, 0.6) is 5.88 Å². The molecule has 1 aliphatic rings. The number of hydrogen-bond acceptors (Lipinski definition) is 4. The Hall–Kier alpha value is -1.65. The van der Waals surface area contributed by atoms with Gasteiger partial charge in [-0.15, -0.1) is 10.2 Å². The Morgan fingerprint density at radius 1 is 1.28 bits per heavy atom. The van der Waals surface area contributed by atoms with Crippen LogP contribution < -0.4 is 4.74 Å². The smallest absolute Gasteiger partial charge is 0.356 e. The van der Waals surface area contributed by atoms with Crippen LogP contribution in [0.25, 0.3) is 0 Å². The predicted octanol–water partition coefficient (Wildman–Crippen LogP) is 2.38. The number of ether oxygens (including phenoxy) is 1. The first-order valence-electron chi connectivity index (χ1n) is 6.30. The Morgan fingerprint density at radius 2 is 2.06 bits per heavy atom. The number of carbonyl (C=O) groups is 1. The minimum Gasteiger partial charge on any atom is -0.476 e. The fraction of sp³-hybridized carbons (Fsp3) is 0.615. The van der Waals surface area contributed by atoms with E-state index < -0.39 is 5.97 Å². The van der Waals surface area contributed by atoms with Crippen molar-refractivity contribution in [2.75, 3.05) is 0 Å². The van der Waals surface area contributed by atoms with Gasteiger partial charge in [-0.05, 0) is 37.2 Å². The number of hydrogen-bond donors (Lipinski definition) is 1. The van der Waals surface area contributed by atoms with E-state index in [4.69, 9.17) is 9.84 Å². The number of aromatic nitrogens is 2. The lowest BCUT2D eigenvalue weighted by molar-refractivity contribution is 0.0687. The van der Waals surface area contributed by atoms with Crippen molar-refractivity contribution < 1.29 is 14.6 Å². The molecule has 3 unspecified atom stereocenters. The molecule has 1 aliphatic carbocycles. The van der Waals surface area contributed by atoms with Gasteiger partial charge in [-0.25, -0.2) is 4.79 Å². The zero-order valence-corrected chi connectivity index (χ0v) is 10.7. The highest BCUT2D eigenvalue weighted by Gasteiger charge is 2.26. The SMILES string of the molecule is CC1CCC(Oc2ccc(C(=O)O)nn2)CC1C. The Kier molecular flexibility index (Phi) is 3.79. The van der Waals surface area contributed by atoms with E-state index in [2.05, 4.69) is 24.0 Å². The van der Waals surface area contributed by atoms with Gasteiger partial charge in [0, 0.05) is 6.07 Å². The average molecular weight is 250 g/mol. The molecule has 1 saturated carbocycles. The average Bonchev–Trinajstić information content (AvgIpc) is 2.34. The molecule has 0 radical (unpaired) electrons. The molecule has 18 heavy (non-hydrogen) atoms. The third kappa shape index (κ3) is 2.97. The third-order valence-corrected chi connectivity index (χ3v) is 3.70.